The summed E-state index contributed by atoms with van der Waals surface area (Å²) in [7, 11) is 1.46. The molecule has 132 valence electrons. The minimum absolute atomic E-state index is 0.0712. The van der Waals surface area contributed by atoms with E-state index >= 15 is 0 Å². The van der Waals surface area contributed by atoms with Gasteiger partial charge in [0.1, 0.15) is 5.75 Å². The molecule has 25 heavy (non-hydrogen) atoms. The van der Waals surface area contributed by atoms with Gasteiger partial charge in [-0.1, -0.05) is 18.2 Å². The summed E-state index contributed by atoms with van der Waals surface area (Å²) in [5.41, 5.74) is 0.625. The molecule has 0 aromatic heterocycles. The first kappa shape index (κ1) is 17.3. The van der Waals surface area contributed by atoms with Crippen molar-refractivity contribution in [3.05, 3.63) is 53.6 Å². The number of methoxy groups -OCH3 is 1. The SMILES string of the molecule is COc1ccc2c(c1)CN(C(=O)C(F)(F)F)CCC21C=CC(=O)C=C1. The summed E-state index contributed by atoms with van der Waals surface area (Å²) in [6, 6.07) is 5.14. The summed E-state index contributed by atoms with van der Waals surface area (Å²) in [6.45, 7) is -0.236. The third-order valence-corrected chi connectivity index (χ3v) is 4.59. The second kappa shape index (κ2) is 6.06. The van der Waals surface area contributed by atoms with E-state index < -0.39 is 17.5 Å². The van der Waals surface area contributed by atoms with Gasteiger partial charge in [0, 0.05) is 18.5 Å². The maximum absolute atomic E-state index is 12.9. The first-order valence-electron chi connectivity index (χ1n) is 7.71. The molecule has 7 heteroatoms. The number of nitrogens with zero attached hydrogens (tertiary/aromatic N) is 1. The van der Waals surface area contributed by atoms with Crippen LogP contribution in [0, 0.1) is 0 Å². The summed E-state index contributed by atoms with van der Waals surface area (Å²) in [6.07, 6.45) is 1.55. The molecule has 1 aromatic carbocycles. The van der Waals surface area contributed by atoms with Gasteiger partial charge in [0.2, 0.25) is 0 Å². The maximum Gasteiger partial charge on any atom is 0.471 e. The van der Waals surface area contributed by atoms with Crippen LogP contribution in [-0.2, 0) is 21.5 Å². The van der Waals surface area contributed by atoms with Crippen molar-refractivity contribution in [1.29, 1.82) is 0 Å². The molecule has 0 saturated carbocycles. The zero-order chi connectivity index (χ0) is 18.2. The highest BCUT2D eigenvalue weighted by Gasteiger charge is 2.45. The van der Waals surface area contributed by atoms with Gasteiger partial charge in [-0.05, 0) is 41.8 Å². The van der Waals surface area contributed by atoms with Gasteiger partial charge in [0.05, 0.1) is 7.11 Å². The normalized spacial score (nSPS) is 18.9. The quantitative estimate of drug-likeness (QED) is 0.782. The Balaban J connectivity index is 2.08. The molecule has 0 radical (unpaired) electrons. The number of carbonyl (C=O) groups is 2. The highest BCUT2D eigenvalue weighted by atomic mass is 19.4. The Morgan fingerprint density at radius 3 is 2.52 bits per heavy atom. The average molecular weight is 351 g/mol. The lowest BCUT2D eigenvalue weighted by Crippen LogP contribution is -2.41. The van der Waals surface area contributed by atoms with Crippen molar-refractivity contribution in [3.8, 4) is 5.75 Å². The number of rotatable bonds is 1. The second-order valence-electron chi connectivity index (χ2n) is 6.11. The van der Waals surface area contributed by atoms with E-state index in [0.717, 1.165) is 10.5 Å². The largest absolute Gasteiger partial charge is 0.497 e. The number of halogens is 3. The number of carbonyl (C=O) groups excluding carboxylic acids is 2. The van der Waals surface area contributed by atoms with E-state index in [0.29, 0.717) is 11.3 Å². The van der Waals surface area contributed by atoms with E-state index in [1.54, 1.807) is 30.4 Å². The van der Waals surface area contributed by atoms with Gasteiger partial charge >= 0.3 is 12.1 Å². The van der Waals surface area contributed by atoms with Crippen LogP contribution in [0.15, 0.2) is 42.5 Å². The molecule has 0 atom stereocenters. The minimum atomic E-state index is -4.93. The number of fused-ring (bicyclic) bond motifs is 2. The third-order valence-electron chi connectivity index (χ3n) is 4.59. The van der Waals surface area contributed by atoms with E-state index in [-0.39, 0.29) is 25.3 Å². The fourth-order valence-electron chi connectivity index (χ4n) is 3.29. The number of ketones is 1. The maximum atomic E-state index is 12.9. The predicted molar refractivity (Wildman–Crippen MR) is 84.0 cm³/mol. The molecular weight excluding hydrogens is 335 g/mol. The predicted octanol–water partition coefficient (Wildman–Crippen LogP) is 2.92. The van der Waals surface area contributed by atoms with Crippen molar-refractivity contribution in [2.45, 2.75) is 24.6 Å². The average Bonchev–Trinajstić information content (AvgIpc) is 2.73. The summed E-state index contributed by atoms with van der Waals surface area (Å²) < 4.78 is 43.8. The molecule has 1 spiro atoms. The highest BCUT2D eigenvalue weighted by molar-refractivity contribution is 6.00. The topological polar surface area (TPSA) is 46.6 Å². The molecule has 1 aromatic rings. The second-order valence-corrected chi connectivity index (χ2v) is 6.11. The van der Waals surface area contributed by atoms with Crippen LogP contribution in [-0.4, -0.2) is 36.4 Å². The van der Waals surface area contributed by atoms with Crippen molar-refractivity contribution in [2.24, 2.45) is 0 Å². The Morgan fingerprint density at radius 1 is 1.24 bits per heavy atom. The summed E-state index contributed by atoms with van der Waals surface area (Å²) in [5, 5.41) is 0. The third kappa shape index (κ3) is 3.18. The van der Waals surface area contributed by atoms with E-state index in [1.807, 2.05) is 0 Å². The Hall–Kier alpha value is -2.57. The molecule has 0 N–H and O–H groups in total. The molecule has 4 nitrogen and oxygen atoms in total. The summed E-state index contributed by atoms with van der Waals surface area (Å²) >= 11 is 0. The summed E-state index contributed by atoms with van der Waals surface area (Å²) in [5.74, 6) is -1.54. The van der Waals surface area contributed by atoms with Gasteiger partial charge in [-0.25, -0.2) is 0 Å². The molecule has 0 fully saturated rings. The molecule has 2 aliphatic rings. The van der Waals surface area contributed by atoms with Crippen LogP contribution in [0.5, 0.6) is 5.75 Å². The van der Waals surface area contributed by atoms with Gasteiger partial charge in [-0.2, -0.15) is 13.2 Å². The van der Waals surface area contributed by atoms with Crippen LogP contribution in [0.2, 0.25) is 0 Å². The Labute approximate surface area is 142 Å². The first-order valence-corrected chi connectivity index (χ1v) is 7.71. The zero-order valence-corrected chi connectivity index (χ0v) is 13.5. The van der Waals surface area contributed by atoms with Crippen LogP contribution >= 0.6 is 0 Å². The lowest BCUT2D eigenvalue weighted by molar-refractivity contribution is -0.186. The van der Waals surface area contributed by atoms with Crippen LogP contribution in [0.25, 0.3) is 0 Å². The fourth-order valence-corrected chi connectivity index (χ4v) is 3.29. The van der Waals surface area contributed by atoms with E-state index in [1.165, 1.54) is 19.3 Å². The van der Waals surface area contributed by atoms with Gasteiger partial charge in [-0.3, -0.25) is 9.59 Å². The van der Waals surface area contributed by atoms with Crippen molar-refractivity contribution in [2.75, 3.05) is 13.7 Å². The standard InChI is InChI=1S/C18H16F3NO3/c1-25-14-2-3-15-12(10-14)11-22(16(24)18(19,20)21)9-8-17(15)6-4-13(23)5-7-17/h2-7,10H,8-9,11H2,1H3. The van der Waals surface area contributed by atoms with Gasteiger partial charge in [0.25, 0.3) is 0 Å². The van der Waals surface area contributed by atoms with Crippen LogP contribution < -0.4 is 4.74 Å². The smallest absolute Gasteiger partial charge is 0.471 e. The van der Waals surface area contributed by atoms with Crippen molar-refractivity contribution in [3.63, 3.8) is 0 Å². The Bertz CT molecular complexity index is 764. The molecule has 1 aliphatic carbocycles. The van der Waals surface area contributed by atoms with Crippen LogP contribution in [0.1, 0.15) is 17.5 Å². The molecular formula is C18H16F3NO3. The Kier molecular flexibility index (Phi) is 4.18. The Morgan fingerprint density at radius 2 is 1.92 bits per heavy atom. The lowest BCUT2D eigenvalue weighted by Gasteiger charge is -2.30. The lowest BCUT2D eigenvalue weighted by atomic mass is 9.73. The van der Waals surface area contributed by atoms with Crippen molar-refractivity contribution >= 4 is 11.7 Å². The number of benzene rings is 1. The molecule has 1 aliphatic heterocycles. The molecule has 3 rings (SSSR count). The molecule has 1 heterocycles. The molecule has 0 saturated heterocycles. The summed E-state index contributed by atoms with van der Waals surface area (Å²) in [4.78, 5) is 24.0. The number of amides is 1. The van der Waals surface area contributed by atoms with Gasteiger partial charge in [-0.15, -0.1) is 0 Å². The van der Waals surface area contributed by atoms with E-state index in [4.69, 9.17) is 4.74 Å². The van der Waals surface area contributed by atoms with Crippen molar-refractivity contribution in [1.82, 2.24) is 4.90 Å². The minimum Gasteiger partial charge on any atom is -0.497 e. The van der Waals surface area contributed by atoms with Gasteiger partial charge < -0.3 is 9.64 Å². The molecule has 0 bridgehead atoms. The fraction of sp³-hybridized carbons (Fsp3) is 0.333. The number of hydrogen-bond acceptors (Lipinski definition) is 3. The number of allylic oxidation sites excluding steroid dienone is 4. The van der Waals surface area contributed by atoms with E-state index in [9.17, 15) is 22.8 Å². The molecule has 1 amide bonds. The van der Waals surface area contributed by atoms with E-state index in [2.05, 4.69) is 0 Å². The van der Waals surface area contributed by atoms with Crippen LogP contribution in [0.3, 0.4) is 0 Å². The van der Waals surface area contributed by atoms with Gasteiger partial charge in [0.15, 0.2) is 5.78 Å². The molecule has 0 unspecified atom stereocenters. The van der Waals surface area contributed by atoms with Crippen LogP contribution in [0.4, 0.5) is 13.2 Å². The number of hydrogen-bond donors (Lipinski definition) is 0. The first-order chi connectivity index (χ1) is 11.7. The number of ether oxygens (including phenoxy) is 1. The monoisotopic (exact) mass is 351 g/mol. The van der Waals surface area contributed by atoms with Crippen molar-refractivity contribution < 1.29 is 27.5 Å². The number of alkyl halides is 3. The highest BCUT2D eigenvalue weighted by Crippen LogP contribution is 2.40. The zero-order valence-electron chi connectivity index (χ0n) is 13.5.